The maximum Gasteiger partial charge on any atom is 0.303 e. The first-order valence-electron chi connectivity index (χ1n) is 5.61. The lowest BCUT2D eigenvalue weighted by molar-refractivity contribution is -0.143. The summed E-state index contributed by atoms with van der Waals surface area (Å²) in [5.41, 5.74) is 0. The van der Waals surface area contributed by atoms with Gasteiger partial charge in [0.05, 0.1) is 11.8 Å². The summed E-state index contributed by atoms with van der Waals surface area (Å²) in [6, 6.07) is -0.160. The minimum absolute atomic E-state index is 0.0576. The van der Waals surface area contributed by atoms with Gasteiger partial charge in [0.25, 0.3) is 0 Å². The van der Waals surface area contributed by atoms with E-state index in [2.05, 4.69) is 0 Å². The largest absolute Gasteiger partial charge is 0.481 e. The monoisotopic (exact) mass is 225 g/mol. The molecule has 3 unspecified atom stereocenters. The number of amides is 2. The molecule has 2 aliphatic rings. The van der Waals surface area contributed by atoms with Crippen molar-refractivity contribution in [3.8, 4) is 0 Å². The number of imide groups is 1. The van der Waals surface area contributed by atoms with Gasteiger partial charge in [-0.2, -0.15) is 0 Å². The second-order valence-electron chi connectivity index (χ2n) is 4.63. The standard InChI is InChI=1S/C11H15NO4/c1-6(3-2-4-9(13)14)12-10(15)7-5-8(7)11(12)16/h6-8H,2-5H2,1H3,(H,13,14). The lowest BCUT2D eigenvalue weighted by Gasteiger charge is -2.24. The topological polar surface area (TPSA) is 74.7 Å². The van der Waals surface area contributed by atoms with Gasteiger partial charge < -0.3 is 5.11 Å². The Balaban J connectivity index is 1.85. The molecule has 1 aliphatic heterocycles. The first-order valence-corrected chi connectivity index (χ1v) is 5.61. The summed E-state index contributed by atoms with van der Waals surface area (Å²) in [5.74, 6) is -1.08. The summed E-state index contributed by atoms with van der Waals surface area (Å²) in [4.78, 5) is 35.0. The maximum absolute atomic E-state index is 11.7. The highest BCUT2D eigenvalue weighted by Crippen LogP contribution is 2.47. The van der Waals surface area contributed by atoms with E-state index >= 15 is 0 Å². The molecule has 1 aliphatic carbocycles. The van der Waals surface area contributed by atoms with E-state index in [0.717, 1.165) is 6.42 Å². The van der Waals surface area contributed by atoms with Crippen molar-refractivity contribution in [2.45, 2.75) is 38.6 Å². The molecule has 0 aromatic heterocycles. The molecule has 0 spiro atoms. The van der Waals surface area contributed by atoms with Crippen molar-refractivity contribution in [2.24, 2.45) is 11.8 Å². The highest BCUT2D eigenvalue weighted by molar-refractivity contribution is 6.09. The molecule has 0 aromatic carbocycles. The molecule has 0 aromatic rings. The van der Waals surface area contributed by atoms with Crippen LogP contribution >= 0.6 is 0 Å². The number of carboxylic acids is 1. The molecule has 2 rings (SSSR count). The van der Waals surface area contributed by atoms with E-state index in [1.807, 2.05) is 6.92 Å². The third-order valence-corrected chi connectivity index (χ3v) is 3.35. The lowest BCUT2D eigenvalue weighted by atomic mass is 10.1. The molecular weight excluding hydrogens is 210 g/mol. The van der Waals surface area contributed by atoms with Crippen molar-refractivity contribution in [2.75, 3.05) is 0 Å². The van der Waals surface area contributed by atoms with Crippen molar-refractivity contribution in [1.82, 2.24) is 4.90 Å². The number of fused-ring (bicyclic) bond motifs is 1. The van der Waals surface area contributed by atoms with Gasteiger partial charge in [-0.3, -0.25) is 19.3 Å². The van der Waals surface area contributed by atoms with Gasteiger partial charge in [-0.15, -0.1) is 0 Å². The van der Waals surface area contributed by atoms with E-state index in [0.29, 0.717) is 12.8 Å². The Hall–Kier alpha value is -1.39. The van der Waals surface area contributed by atoms with Crippen molar-refractivity contribution >= 4 is 17.8 Å². The first-order chi connectivity index (χ1) is 7.52. The number of likely N-dealkylation sites (tertiary alicyclic amines) is 1. The fraction of sp³-hybridized carbons (Fsp3) is 0.727. The number of hydrogen-bond acceptors (Lipinski definition) is 3. The normalized spacial score (nSPS) is 29.2. The Morgan fingerprint density at radius 2 is 2.00 bits per heavy atom. The van der Waals surface area contributed by atoms with Crippen LogP contribution in [0.1, 0.15) is 32.6 Å². The fourth-order valence-electron chi connectivity index (χ4n) is 2.32. The Labute approximate surface area is 93.4 Å². The van der Waals surface area contributed by atoms with Gasteiger partial charge in [0.1, 0.15) is 0 Å². The third-order valence-electron chi connectivity index (χ3n) is 3.35. The number of carbonyl (C=O) groups excluding carboxylic acids is 2. The van der Waals surface area contributed by atoms with Gasteiger partial charge in [0.15, 0.2) is 0 Å². The van der Waals surface area contributed by atoms with Gasteiger partial charge in [0.2, 0.25) is 11.8 Å². The Morgan fingerprint density at radius 1 is 1.44 bits per heavy atom. The molecule has 2 amide bonds. The quantitative estimate of drug-likeness (QED) is 0.696. The molecule has 88 valence electrons. The van der Waals surface area contributed by atoms with Gasteiger partial charge in [-0.1, -0.05) is 0 Å². The Bertz CT molecular complexity index is 332. The summed E-state index contributed by atoms with van der Waals surface area (Å²) in [6.45, 7) is 1.81. The van der Waals surface area contributed by atoms with Crippen LogP contribution in [0.3, 0.4) is 0 Å². The molecule has 5 nitrogen and oxygen atoms in total. The zero-order chi connectivity index (χ0) is 11.9. The number of nitrogens with zero attached hydrogens (tertiary/aromatic N) is 1. The smallest absolute Gasteiger partial charge is 0.303 e. The van der Waals surface area contributed by atoms with Crippen LogP contribution in [0, 0.1) is 11.8 Å². The van der Waals surface area contributed by atoms with E-state index in [1.54, 1.807) is 0 Å². The van der Waals surface area contributed by atoms with Crippen molar-refractivity contribution in [3.05, 3.63) is 0 Å². The average Bonchev–Trinajstić information content (AvgIpc) is 2.91. The lowest BCUT2D eigenvalue weighted by Crippen LogP contribution is -2.40. The van der Waals surface area contributed by atoms with Gasteiger partial charge in [-0.25, -0.2) is 0 Å². The van der Waals surface area contributed by atoms with E-state index in [-0.39, 0.29) is 36.1 Å². The molecule has 1 N–H and O–H groups in total. The highest BCUT2D eigenvalue weighted by atomic mass is 16.4. The number of piperidine rings is 1. The fourth-order valence-corrected chi connectivity index (χ4v) is 2.32. The molecule has 5 heteroatoms. The molecule has 1 heterocycles. The summed E-state index contributed by atoms with van der Waals surface area (Å²) >= 11 is 0. The summed E-state index contributed by atoms with van der Waals surface area (Å²) in [6.07, 6.45) is 1.88. The summed E-state index contributed by atoms with van der Waals surface area (Å²) < 4.78 is 0. The molecule has 0 radical (unpaired) electrons. The van der Waals surface area contributed by atoms with Crippen LogP contribution < -0.4 is 0 Å². The maximum atomic E-state index is 11.7. The highest BCUT2D eigenvalue weighted by Gasteiger charge is 2.59. The SMILES string of the molecule is CC(CCCC(=O)O)N1C(=O)C2CC2C1=O. The predicted molar refractivity (Wildman–Crippen MR) is 54.4 cm³/mol. The molecule has 16 heavy (non-hydrogen) atoms. The Morgan fingerprint density at radius 3 is 2.50 bits per heavy atom. The molecule has 3 atom stereocenters. The van der Waals surface area contributed by atoms with Gasteiger partial charge in [-0.05, 0) is 26.2 Å². The van der Waals surface area contributed by atoms with Crippen LogP contribution in [-0.4, -0.2) is 33.8 Å². The zero-order valence-corrected chi connectivity index (χ0v) is 9.18. The third kappa shape index (κ3) is 1.81. The van der Waals surface area contributed by atoms with Crippen LogP contribution in [-0.2, 0) is 14.4 Å². The second kappa shape index (κ2) is 3.88. The number of carbonyl (C=O) groups is 3. The van der Waals surface area contributed by atoms with E-state index in [1.165, 1.54) is 4.90 Å². The molecular formula is C11H15NO4. The van der Waals surface area contributed by atoms with Crippen molar-refractivity contribution in [1.29, 1.82) is 0 Å². The molecule has 2 fully saturated rings. The van der Waals surface area contributed by atoms with Crippen LogP contribution in [0.5, 0.6) is 0 Å². The van der Waals surface area contributed by atoms with Crippen molar-refractivity contribution in [3.63, 3.8) is 0 Å². The van der Waals surface area contributed by atoms with E-state index in [4.69, 9.17) is 5.11 Å². The first kappa shape index (κ1) is 11.1. The summed E-state index contributed by atoms with van der Waals surface area (Å²) in [7, 11) is 0. The number of rotatable bonds is 5. The van der Waals surface area contributed by atoms with E-state index in [9.17, 15) is 14.4 Å². The second-order valence-corrected chi connectivity index (χ2v) is 4.63. The van der Waals surface area contributed by atoms with Crippen LogP contribution in [0.4, 0.5) is 0 Å². The number of aliphatic carboxylic acids is 1. The molecule has 0 bridgehead atoms. The van der Waals surface area contributed by atoms with E-state index < -0.39 is 5.97 Å². The number of hydrogen-bond donors (Lipinski definition) is 1. The number of carboxylic acid groups (broad SMARTS) is 1. The van der Waals surface area contributed by atoms with Crippen LogP contribution in [0.15, 0.2) is 0 Å². The zero-order valence-electron chi connectivity index (χ0n) is 9.18. The minimum Gasteiger partial charge on any atom is -0.481 e. The van der Waals surface area contributed by atoms with Crippen molar-refractivity contribution < 1.29 is 19.5 Å². The molecule has 1 saturated heterocycles. The molecule has 1 saturated carbocycles. The minimum atomic E-state index is -0.839. The van der Waals surface area contributed by atoms with Crippen LogP contribution in [0.25, 0.3) is 0 Å². The van der Waals surface area contributed by atoms with Crippen LogP contribution in [0.2, 0.25) is 0 Å². The summed E-state index contributed by atoms with van der Waals surface area (Å²) in [5, 5.41) is 8.50. The average molecular weight is 225 g/mol. The van der Waals surface area contributed by atoms with Gasteiger partial charge in [0, 0.05) is 12.5 Å². The van der Waals surface area contributed by atoms with Gasteiger partial charge >= 0.3 is 5.97 Å². The predicted octanol–water partition coefficient (Wildman–Crippen LogP) is 0.635. The Kier molecular flexibility index (Phi) is 2.69.